The molecular weight excluding hydrogens is 410 g/mol. The zero-order valence-electron chi connectivity index (χ0n) is 19.6. The van der Waals surface area contributed by atoms with Crippen LogP contribution in [0.5, 0.6) is 0 Å². The Balaban J connectivity index is 1.24. The molecule has 0 N–H and O–H groups in total. The SMILES string of the molecule is c1ccc(N(c2ccccc2)c2ccc(-c3ccc4c(c3)C3CC5CC(CC4C5)C3)cc2)cc1. The van der Waals surface area contributed by atoms with Crippen LogP contribution in [-0.4, -0.2) is 0 Å². The van der Waals surface area contributed by atoms with Gasteiger partial charge in [-0.3, -0.25) is 0 Å². The van der Waals surface area contributed by atoms with Crippen molar-refractivity contribution in [2.75, 3.05) is 4.90 Å². The first-order chi connectivity index (χ1) is 16.8. The third-order valence-electron chi connectivity index (χ3n) is 8.59. The number of benzene rings is 4. The number of anilines is 3. The van der Waals surface area contributed by atoms with Crippen LogP contribution in [0.4, 0.5) is 17.1 Å². The van der Waals surface area contributed by atoms with Crippen molar-refractivity contribution in [3.8, 4) is 11.1 Å². The average Bonchev–Trinajstić information content (AvgIpc) is 3.06. The van der Waals surface area contributed by atoms with Crippen LogP contribution in [0, 0.1) is 11.8 Å². The van der Waals surface area contributed by atoms with Crippen LogP contribution in [0.25, 0.3) is 11.1 Å². The smallest absolute Gasteiger partial charge is 0.0462 e. The monoisotopic (exact) mass is 441 g/mol. The predicted octanol–water partition coefficient (Wildman–Crippen LogP) is 9.21. The molecule has 2 fully saturated rings. The Morgan fingerprint density at radius 1 is 0.441 bits per heavy atom. The summed E-state index contributed by atoms with van der Waals surface area (Å²) in [4.78, 5) is 2.33. The van der Waals surface area contributed by atoms with Gasteiger partial charge in [-0.1, -0.05) is 66.7 Å². The third-order valence-corrected chi connectivity index (χ3v) is 8.59. The van der Waals surface area contributed by atoms with Gasteiger partial charge >= 0.3 is 0 Å². The van der Waals surface area contributed by atoms with Gasteiger partial charge in [0.2, 0.25) is 0 Å². The Labute approximate surface area is 203 Å². The molecule has 2 unspecified atom stereocenters. The second-order valence-corrected chi connectivity index (χ2v) is 10.7. The molecule has 0 heterocycles. The van der Waals surface area contributed by atoms with E-state index in [1.807, 2.05) is 0 Å². The predicted molar refractivity (Wildman–Crippen MR) is 142 cm³/mol. The highest BCUT2D eigenvalue weighted by Gasteiger charge is 2.41. The molecule has 0 saturated heterocycles. The highest BCUT2D eigenvalue weighted by atomic mass is 15.1. The fraction of sp³-hybridized carbons (Fsp3) is 0.273. The summed E-state index contributed by atoms with van der Waals surface area (Å²) in [5, 5.41) is 0. The number of para-hydroxylation sites is 2. The first-order valence-electron chi connectivity index (χ1n) is 13.0. The van der Waals surface area contributed by atoms with Gasteiger partial charge in [0, 0.05) is 17.1 Å². The van der Waals surface area contributed by atoms with Crippen LogP contribution >= 0.6 is 0 Å². The van der Waals surface area contributed by atoms with Gasteiger partial charge in [0.25, 0.3) is 0 Å². The summed E-state index contributed by atoms with van der Waals surface area (Å²) in [5.74, 6) is 3.55. The van der Waals surface area contributed by atoms with Crippen LogP contribution in [0.15, 0.2) is 103 Å². The lowest BCUT2D eigenvalue weighted by atomic mass is 9.67. The standard InChI is InChI=1S/C33H31N/c1-3-7-29(8-4-1)34(30-9-5-2-6-10-30)31-14-11-25(12-15-31)26-13-16-32-27-18-23-17-24(19-27)21-28(20-23)33(32)22-26/h1-16,22-24,27-28H,17-21H2. The van der Waals surface area contributed by atoms with Gasteiger partial charge in [0.15, 0.2) is 0 Å². The van der Waals surface area contributed by atoms with Gasteiger partial charge < -0.3 is 4.90 Å². The molecule has 0 aromatic heterocycles. The number of hydrogen-bond acceptors (Lipinski definition) is 1. The van der Waals surface area contributed by atoms with E-state index in [9.17, 15) is 0 Å². The summed E-state index contributed by atoms with van der Waals surface area (Å²) in [6, 6.07) is 37.8. The Morgan fingerprint density at radius 3 is 1.53 bits per heavy atom. The van der Waals surface area contributed by atoms with Crippen LogP contribution in [0.2, 0.25) is 0 Å². The van der Waals surface area contributed by atoms with Gasteiger partial charge in [-0.05, 0) is 114 Å². The molecule has 4 aliphatic rings. The molecule has 2 atom stereocenters. The Morgan fingerprint density at radius 2 is 0.941 bits per heavy atom. The molecule has 168 valence electrons. The van der Waals surface area contributed by atoms with E-state index in [1.165, 1.54) is 60.3 Å². The van der Waals surface area contributed by atoms with Crippen molar-refractivity contribution in [3.63, 3.8) is 0 Å². The van der Waals surface area contributed by atoms with Crippen molar-refractivity contribution in [1.29, 1.82) is 0 Å². The molecule has 4 aromatic carbocycles. The van der Waals surface area contributed by atoms with Crippen molar-refractivity contribution < 1.29 is 0 Å². The molecule has 0 spiro atoms. The first-order valence-corrected chi connectivity index (χ1v) is 13.0. The molecule has 1 heteroatoms. The molecule has 0 radical (unpaired) electrons. The van der Waals surface area contributed by atoms with Crippen LogP contribution in [0.1, 0.15) is 55.1 Å². The first kappa shape index (κ1) is 20.1. The molecule has 1 nitrogen and oxygen atoms in total. The second kappa shape index (κ2) is 8.17. The van der Waals surface area contributed by atoms with Gasteiger partial charge in [-0.25, -0.2) is 0 Å². The summed E-state index contributed by atoms with van der Waals surface area (Å²) in [5.41, 5.74) is 9.58. The molecule has 8 rings (SSSR count). The van der Waals surface area contributed by atoms with Crippen molar-refractivity contribution in [2.24, 2.45) is 11.8 Å². The van der Waals surface area contributed by atoms with Gasteiger partial charge in [-0.15, -0.1) is 0 Å². The molecule has 4 aromatic rings. The number of rotatable bonds is 4. The Bertz CT molecular complexity index is 1240. The number of hydrogen-bond donors (Lipinski definition) is 0. The largest absolute Gasteiger partial charge is 0.311 e. The molecule has 4 aliphatic carbocycles. The highest BCUT2D eigenvalue weighted by Crippen LogP contribution is 2.56. The van der Waals surface area contributed by atoms with E-state index in [1.54, 1.807) is 11.1 Å². The van der Waals surface area contributed by atoms with E-state index in [0.29, 0.717) is 0 Å². The zero-order chi connectivity index (χ0) is 22.5. The fourth-order valence-corrected chi connectivity index (χ4v) is 7.24. The van der Waals surface area contributed by atoms with E-state index in [0.717, 1.165) is 23.7 Å². The van der Waals surface area contributed by atoms with Gasteiger partial charge in [0.05, 0.1) is 0 Å². The summed E-state index contributed by atoms with van der Waals surface area (Å²) in [6.45, 7) is 0. The maximum Gasteiger partial charge on any atom is 0.0462 e. The minimum Gasteiger partial charge on any atom is -0.311 e. The van der Waals surface area contributed by atoms with Crippen LogP contribution in [-0.2, 0) is 0 Å². The van der Waals surface area contributed by atoms with Crippen molar-refractivity contribution in [1.82, 2.24) is 0 Å². The molecule has 0 aliphatic heterocycles. The summed E-state index contributed by atoms with van der Waals surface area (Å²) in [7, 11) is 0. The molecular formula is C33H31N. The van der Waals surface area contributed by atoms with E-state index >= 15 is 0 Å². The topological polar surface area (TPSA) is 3.24 Å². The van der Waals surface area contributed by atoms with Gasteiger partial charge in [0.1, 0.15) is 0 Å². The minimum absolute atomic E-state index is 0.789. The van der Waals surface area contributed by atoms with E-state index in [2.05, 4.69) is 108 Å². The quantitative estimate of drug-likeness (QED) is 0.305. The second-order valence-electron chi connectivity index (χ2n) is 10.7. The van der Waals surface area contributed by atoms with Crippen molar-refractivity contribution >= 4 is 17.1 Å². The van der Waals surface area contributed by atoms with Crippen molar-refractivity contribution in [2.45, 2.75) is 43.9 Å². The Hall–Kier alpha value is -3.32. The van der Waals surface area contributed by atoms with Crippen molar-refractivity contribution in [3.05, 3.63) is 114 Å². The van der Waals surface area contributed by atoms with Gasteiger partial charge in [-0.2, -0.15) is 0 Å². The molecule has 4 bridgehead atoms. The summed E-state index contributed by atoms with van der Waals surface area (Å²) < 4.78 is 0. The average molecular weight is 442 g/mol. The summed E-state index contributed by atoms with van der Waals surface area (Å²) >= 11 is 0. The van der Waals surface area contributed by atoms with E-state index < -0.39 is 0 Å². The minimum atomic E-state index is 0.789. The van der Waals surface area contributed by atoms with Crippen LogP contribution in [0.3, 0.4) is 0 Å². The maximum atomic E-state index is 2.55. The highest BCUT2D eigenvalue weighted by molar-refractivity contribution is 5.78. The summed E-state index contributed by atoms with van der Waals surface area (Å²) in [6.07, 6.45) is 7.21. The normalized spacial score (nSPS) is 24.5. The number of nitrogens with zero attached hydrogens (tertiary/aromatic N) is 1. The third kappa shape index (κ3) is 3.46. The maximum absolute atomic E-state index is 2.55. The lowest BCUT2D eigenvalue weighted by Gasteiger charge is -2.38. The molecule has 0 amide bonds. The Kier molecular flexibility index (Phi) is 4.82. The van der Waals surface area contributed by atoms with Crippen LogP contribution < -0.4 is 4.90 Å². The molecule has 2 saturated carbocycles. The van der Waals surface area contributed by atoms with E-state index in [-0.39, 0.29) is 0 Å². The van der Waals surface area contributed by atoms with E-state index in [4.69, 9.17) is 0 Å². The lowest BCUT2D eigenvalue weighted by Crippen LogP contribution is -2.25. The zero-order valence-corrected chi connectivity index (χ0v) is 19.6. The lowest BCUT2D eigenvalue weighted by molar-refractivity contribution is 0.166. The molecule has 34 heavy (non-hydrogen) atoms. The fourth-order valence-electron chi connectivity index (χ4n) is 7.24.